The van der Waals surface area contributed by atoms with E-state index in [1.54, 1.807) is 27.7 Å². The summed E-state index contributed by atoms with van der Waals surface area (Å²) < 4.78 is 21.9. The number of hydrogen-bond acceptors (Lipinski definition) is 11. The van der Waals surface area contributed by atoms with Gasteiger partial charge in [-0.25, -0.2) is 14.4 Å². The van der Waals surface area contributed by atoms with Crippen molar-refractivity contribution < 1.29 is 68.5 Å². The van der Waals surface area contributed by atoms with Crippen molar-refractivity contribution in [1.29, 1.82) is 0 Å². The molecule has 0 aliphatic carbocycles. The number of hydrogen-bond donors (Lipinski definition) is 5. The lowest BCUT2D eigenvalue weighted by atomic mass is 9.74. The minimum absolute atomic E-state index is 0.232. The molecule has 2 aliphatic rings. The molecule has 3 rings (SSSR count). The van der Waals surface area contributed by atoms with Gasteiger partial charge in [0.25, 0.3) is 0 Å². The Hall–Kier alpha value is -3.85. The van der Waals surface area contributed by atoms with Crippen LogP contribution in [0.25, 0.3) is 0 Å². The van der Waals surface area contributed by atoms with E-state index in [9.17, 15) is 49.5 Å². The van der Waals surface area contributed by atoms with Crippen LogP contribution in [0.3, 0.4) is 0 Å². The lowest BCUT2D eigenvalue weighted by Crippen LogP contribution is -2.78. The van der Waals surface area contributed by atoms with Gasteiger partial charge in [0.1, 0.15) is 12.2 Å². The molecule has 14 heteroatoms. The van der Waals surface area contributed by atoms with Gasteiger partial charge in [-0.1, -0.05) is 64.6 Å². The molecule has 5 N–H and O–H groups in total. The maximum absolute atomic E-state index is 12.9. The first-order valence-electron chi connectivity index (χ1n) is 14.3. The number of carbonyl (C=O) groups is 5. The standard InChI is InChI=1S/C31H40O14/c1-16(21(42-18(3)32)17(2)14-19-10-8-7-9-11-19)12-13-29-22(34)23(43-20(33)15-28(4,5)6)31(45-29,27(39)40)30(41,26(37)38)24(44-29)25(35)36/h7-11,17,21-24,34,41H,1,12-15H2,2-6H3,(H,35,36)(H,37,38)(H,39,40)/t17?,21?,22-,23-,24-,29-,30-,31-/m1/s1. The summed E-state index contributed by atoms with van der Waals surface area (Å²) in [6, 6.07) is 9.28. The first-order valence-corrected chi connectivity index (χ1v) is 14.3. The number of benzene rings is 1. The van der Waals surface area contributed by atoms with E-state index in [0.717, 1.165) is 5.56 Å². The topological polar surface area (TPSA) is 223 Å². The van der Waals surface area contributed by atoms with E-state index in [2.05, 4.69) is 6.58 Å². The molecule has 2 unspecified atom stereocenters. The van der Waals surface area contributed by atoms with Gasteiger partial charge >= 0.3 is 29.8 Å². The van der Waals surface area contributed by atoms with Gasteiger partial charge in [0, 0.05) is 19.3 Å². The predicted molar refractivity (Wildman–Crippen MR) is 152 cm³/mol. The number of ether oxygens (including phenoxy) is 4. The molecular weight excluding hydrogens is 596 g/mol. The minimum Gasteiger partial charge on any atom is -0.479 e. The van der Waals surface area contributed by atoms with Gasteiger partial charge in [-0.15, -0.1) is 0 Å². The molecule has 1 aromatic carbocycles. The van der Waals surface area contributed by atoms with Gasteiger partial charge in [-0.2, -0.15) is 0 Å². The van der Waals surface area contributed by atoms with E-state index in [1.807, 2.05) is 30.3 Å². The van der Waals surface area contributed by atoms with Crippen LogP contribution in [0.5, 0.6) is 0 Å². The van der Waals surface area contributed by atoms with Crippen LogP contribution in [0.15, 0.2) is 42.5 Å². The molecule has 2 aliphatic heterocycles. The fourth-order valence-corrected chi connectivity index (χ4v) is 5.91. The second-order valence-corrected chi connectivity index (χ2v) is 12.8. The second kappa shape index (κ2) is 12.9. The van der Waals surface area contributed by atoms with Crippen molar-refractivity contribution in [2.24, 2.45) is 11.3 Å². The summed E-state index contributed by atoms with van der Waals surface area (Å²) >= 11 is 0. The van der Waals surface area contributed by atoms with Crippen molar-refractivity contribution in [3.05, 3.63) is 48.0 Å². The number of rotatable bonds is 13. The van der Waals surface area contributed by atoms with E-state index in [0.29, 0.717) is 6.42 Å². The molecule has 0 amide bonds. The third kappa shape index (κ3) is 6.73. The van der Waals surface area contributed by atoms with Crippen LogP contribution in [0, 0.1) is 11.3 Å². The van der Waals surface area contributed by atoms with Gasteiger partial charge in [-0.05, 0) is 29.4 Å². The van der Waals surface area contributed by atoms with Gasteiger partial charge in [0.05, 0.1) is 6.42 Å². The van der Waals surface area contributed by atoms with Gasteiger partial charge < -0.3 is 44.5 Å². The third-order valence-corrected chi connectivity index (χ3v) is 7.94. The summed E-state index contributed by atoms with van der Waals surface area (Å²) in [5.41, 5.74) is -6.91. The molecule has 45 heavy (non-hydrogen) atoms. The summed E-state index contributed by atoms with van der Waals surface area (Å²) in [6.45, 7) is 12.0. The highest BCUT2D eigenvalue weighted by molar-refractivity contribution is 5.98. The number of esters is 2. The van der Waals surface area contributed by atoms with E-state index in [1.165, 1.54) is 6.92 Å². The lowest BCUT2D eigenvalue weighted by Gasteiger charge is -2.48. The molecule has 2 fully saturated rings. The largest absolute Gasteiger partial charge is 0.479 e. The van der Waals surface area contributed by atoms with Crippen molar-refractivity contribution in [2.75, 3.05) is 0 Å². The van der Waals surface area contributed by atoms with Crippen molar-refractivity contribution in [3.8, 4) is 0 Å². The summed E-state index contributed by atoms with van der Waals surface area (Å²) in [5.74, 6) is -11.3. The number of carboxylic acid groups (broad SMARTS) is 3. The maximum atomic E-state index is 12.9. The Morgan fingerprint density at radius 1 is 1.04 bits per heavy atom. The maximum Gasteiger partial charge on any atom is 0.344 e. The number of carbonyl (C=O) groups excluding carboxylic acids is 2. The van der Waals surface area contributed by atoms with Gasteiger partial charge in [-0.3, -0.25) is 9.59 Å². The fourth-order valence-electron chi connectivity index (χ4n) is 5.91. The van der Waals surface area contributed by atoms with Crippen LogP contribution in [-0.4, -0.2) is 96.8 Å². The van der Waals surface area contributed by atoms with E-state index >= 15 is 0 Å². The fraction of sp³-hybridized carbons (Fsp3) is 0.581. The van der Waals surface area contributed by atoms with Crippen LogP contribution in [-0.2, 0) is 49.3 Å². The Balaban J connectivity index is 2.04. The smallest absolute Gasteiger partial charge is 0.344 e. The molecule has 0 saturated carbocycles. The monoisotopic (exact) mass is 636 g/mol. The van der Waals surface area contributed by atoms with Crippen LogP contribution in [0.1, 0.15) is 59.4 Å². The van der Waals surface area contributed by atoms with Gasteiger partial charge in [0.15, 0.2) is 6.10 Å². The summed E-state index contributed by atoms with van der Waals surface area (Å²) in [6.07, 6.45) is -9.09. The Morgan fingerprint density at radius 3 is 2.13 bits per heavy atom. The summed E-state index contributed by atoms with van der Waals surface area (Å²) in [7, 11) is 0. The van der Waals surface area contributed by atoms with Crippen LogP contribution in [0.2, 0.25) is 0 Å². The van der Waals surface area contributed by atoms with Crippen molar-refractivity contribution in [3.63, 3.8) is 0 Å². The van der Waals surface area contributed by atoms with Crippen LogP contribution < -0.4 is 0 Å². The molecular formula is C31H40O14. The highest BCUT2D eigenvalue weighted by atomic mass is 16.8. The molecule has 8 atom stereocenters. The zero-order chi connectivity index (χ0) is 34.1. The quantitative estimate of drug-likeness (QED) is 0.154. The third-order valence-electron chi connectivity index (χ3n) is 7.94. The van der Waals surface area contributed by atoms with E-state index in [4.69, 9.17) is 18.9 Å². The summed E-state index contributed by atoms with van der Waals surface area (Å²) in [4.78, 5) is 62.4. The number of carboxylic acids is 3. The molecule has 0 radical (unpaired) electrons. The number of aliphatic hydroxyl groups is 2. The zero-order valence-corrected chi connectivity index (χ0v) is 25.7. The Bertz CT molecular complexity index is 1340. The lowest BCUT2D eigenvalue weighted by molar-refractivity contribution is -0.374. The first kappa shape index (κ1) is 35.6. The van der Waals surface area contributed by atoms with Crippen LogP contribution in [0.4, 0.5) is 0 Å². The molecule has 2 bridgehead atoms. The highest BCUT2D eigenvalue weighted by Crippen LogP contribution is 2.56. The molecule has 2 heterocycles. The molecule has 248 valence electrons. The average molecular weight is 637 g/mol. The molecule has 0 spiro atoms. The first-order chi connectivity index (χ1) is 20.7. The van der Waals surface area contributed by atoms with Gasteiger partial charge in [0.2, 0.25) is 23.1 Å². The highest BCUT2D eigenvalue weighted by Gasteiger charge is 2.85. The van der Waals surface area contributed by atoms with Crippen molar-refractivity contribution in [2.45, 2.75) is 102 Å². The number of aliphatic hydroxyl groups excluding tert-OH is 1. The normalized spacial score (nSPS) is 30.5. The number of aliphatic carboxylic acids is 3. The van der Waals surface area contributed by atoms with Crippen molar-refractivity contribution >= 4 is 29.8 Å². The Labute approximate surface area is 259 Å². The molecule has 14 nitrogen and oxygen atoms in total. The Kier molecular flexibility index (Phi) is 10.2. The van der Waals surface area contributed by atoms with Crippen LogP contribution >= 0.6 is 0 Å². The molecule has 1 aromatic rings. The number of fused-ring (bicyclic) bond motifs is 2. The predicted octanol–water partition coefficient (Wildman–Crippen LogP) is 1.69. The second-order valence-electron chi connectivity index (χ2n) is 12.8. The van der Waals surface area contributed by atoms with Crippen molar-refractivity contribution in [1.82, 2.24) is 0 Å². The minimum atomic E-state index is -3.88. The zero-order valence-electron chi connectivity index (χ0n) is 25.7. The molecule has 0 aromatic heterocycles. The SMILES string of the molecule is C=C(CC[C@@]12O[C@H](C(=O)O)[C@@](O)(C(=O)O)[C@@](C(=O)O)(O1)[C@H](OC(=O)CC(C)(C)C)[C@H]2O)C(OC(C)=O)C(C)Cc1ccccc1. The summed E-state index contributed by atoms with van der Waals surface area (Å²) in [5, 5.41) is 53.1. The average Bonchev–Trinajstić information content (AvgIpc) is 3.13. The Morgan fingerprint density at radius 2 is 1.64 bits per heavy atom. The van der Waals surface area contributed by atoms with E-state index < -0.39 is 83.1 Å². The molecule has 2 saturated heterocycles. The van der Waals surface area contributed by atoms with E-state index in [-0.39, 0.29) is 24.3 Å².